The summed E-state index contributed by atoms with van der Waals surface area (Å²) in [7, 11) is 3.92. The minimum atomic E-state index is 0.460. The molecule has 0 radical (unpaired) electrons. The van der Waals surface area contributed by atoms with E-state index in [4.69, 9.17) is 14.7 Å². The predicted molar refractivity (Wildman–Crippen MR) is 134 cm³/mol. The minimum Gasteiger partial charge on any atom is -0.496 e. The van der Waals surface area contributed by atoms with Gasteiger partial charge < -0.3 is 24.8 Å². The first kappa shape index (κ1) is 21.5. The lowest BCUT2D eigenvalue weighted by Gasteiger charge is -2.33. The number of halogens is 1. The quantitative estimate of drug-likeness (QED) is 0.588. The highest BCUT2D eigenvalue weighted by Crippen LogP contribution is 2.34. The summed E-state index contributed by atoms with van der Waals surface area (Å²) in [5.41, 5.74) is 0.991. The zero-order valence-corrected chi connectivity index (χ0v) is 20.8. The van der Waals surface area contributed by atoms with Crippen LogP contribution in [0, 0.1) is 3.57 Å². The molecule has 0 amide bonds. The summed E-state index contributed by atoms with van der Waals surface area (Å²) in [5.74, 6) is 2.69. The molecule has 8 heteroatoms. The molecule has 0 unspecified atom stereocenters. The molecule has 1 aliphatic carbocycles. The van der Waals surface area contributed by atoms with Gasteiger partial charge in [0.1, 0.15) is 11.6 Å². The van der Waals surface area contributed by atoms with Gasteiger partial charge in [-0.25, -0.2) is 4.98 Å². The lowest BCUT2D eigenvalue weighted by atomic mass is 10.0. The molecule has 0 spiro atoms. The fourth-order valence-corrected chi connectivity index (χ4v) is 5.49. The number of ether oxygens (including phenoxy) is 1. The van der Waals surface area contributed by atoms with Crippen molar-refractivity contribution < 1.29 is 4.74 Å². The molecule has 2 saturated heterocycles. The number of nitrogens with one attached hydrogen (secondary N) is 1. The third-order valence-corrected chi connectivity index (χ3v) is 7.74. The van der Waals surface area contributed by atoms with Crippen molar-refractivity contribution in [2.45, 2.75) is 44.2 Å². The molecular formula is C23H33IN6O. The highest BCUT2D eigenvalue weighted by molar-refractivity contribution is 14.1. The van der Waals surface area contributed by atoms with Gasteiger partial charge in [-0.15, -0.1) is 0 Å². The number of likely N-dealkylation sites (N-methyl/N-ethyl adjacent to an activating group) is 1. The van der Waals surface area contributed by atoms with Crippen LogP contribution in [-0.2, 0) is 0 Å². The van der Waals surface area contributed by atoms with Gasteiger partial charge in [0.25, 0.3) is 0 Å². The fourth-order valence-electron chi connectivity index (χ4n) is 4.81. The van der Waals surface area contributed by atoms with Gasteiger partial charge >= 0.3 is 0 Å². The Labute approximate surface area is 198 Å². The Kier molecular flexibility index (Phi) is 6.39. The molecule has 1 saturated carbocycles. The van der Waals surface area contributed by atoms with Crippen LogP contribution in [-0.4, -0.2) is 85.3 Å². The fraction of sp³-hybridized carbons (Fsp3) is 0.652. The SMILES string of the molecule is COc1cc2c(NC3CCN(C4CC4)CC3)nc(N3CCCN(C)CC3)nc2cc1I. The average Bonchev–Trinajstić information content (AvgIpc) is 3.62. The number of fused-ring (bicyclic) bond motifs is 1. The van der Waals surface area contributed by atoms with E-state index in [-0.39, 0.29) is 0 Å². The van der Waals surface area contributed by atoms with E-state index in [1.54, 1.807) is 7.11 Å². The summed E-state index contributed by atoms with van der Waals surface area (Å²) in [4.78, 5) is 17.5. The first-order valence-corrected chi connectivity index (χ1v) is 12.7. The van der Waals surface area contributed by atoms with Crippen LogP contribution in [0.4, 0.5) is 11.8 Å². The number of likely N-dealkylation sites (tertiary alicyclic amines) is 1. The van der Waals surface area contributed by atoms with Gasteiger partial charge in [0.15, 0.2) is 0 Å². The van der Waals surface area contributed by atoms with E-state index < -0.39 is 0 Å². The molecule has 0 atom stereocenters. The number of aromatic nitrogens is 2. The maximum atomic E-state index is 5.61. The van der Waals surface area contributed by atoms with Crippen LogP contribution in [0.2, 0.25) is 0 Å². The van der Waals surface area contributed by atoms with Gasteiger partial charge in [0.2, 0.25) is 5.95 Å². The predicted octanol–water partition coefficient (Wildman–Crippen LogP) is 3.42. The molecule has 3 fully saturated rings. The van der Waals surface area contributed by atoms with Crippen LogP contribution in [0.5, 0.6) is 5.75 Å². The Morgan fingerprint density at radius 1 is 1.00 bits per heavy atom. The van der Waals surface area contributed by atoms with Gasteiger partial charge in [-0.05, 0) is 80.4 Å². The second-order valence-electron chi connectivity index (χ2n) is 9.21. The number of piperidine rings is 1. The molecule has 168 valence electrons. The molecule has 3 aliphatic rings. The number of anilines is 2. The van der Waals surface area contributed by atoms with Crippen LogP contribution in [0.25, 0.3) is 10.9 Å². The van der Waals surface area contributed by atoms with Crippen molar-refractivity contribution in [2.75, 3.05) is 63.6 Å². The van der Waals surface area contributed by atoms with Gasteiger partial charge in [-0.1, -0.05) is 0 Å². The third kappa shape index (κ3) is 4.85. The lowest BCUT2D eigenvalue weighted by molar-refractivity contribution is 0.210. The van der Waals surface area contributed by atoms with E-state index in [0.29, 0.717) is 6.04 Å². The number of methoxy groups -OCH3 is 1. The molecule has 1 N–H and O–H groups in total. The summed E-state index contributed by atoms with van der Waals surface area (Å²) in [6, 6.07) is 5.55. The Bertz CT molecular complexity index is 928. The molecule has 1 aromatic carbocycles. The zero-order valence-electron chi connectivity index (χ0n) is 18.6. The third-order valence-electron chi connectivity index (χ3n) is 6.89. The van der Waals surface area contributed by atoms with Crippen LogP contribution in [0.15, 0.2) is 12.1 Å². The summed E-state index contributed by atoms with van der Waals surface area (Å²) in [5, 5.41) is 4.86. The van der Waals surface area contributed by atoms with Crippen molar-refractivity contribution in [3.63, 3.8) is 0 Å². The molecule has 0 bridgehead atoms. The average molecular weight is 536 g/mol. The Hall–Kier alpha value is -1.39. The molecular weight excluding hydrogens is 503 g/mol. The highest BCUT2D eigenvalue weighted by atomic mass is 127. The summed E-state index contributed by atoms with van der Waals surface area (Å²) < 4.78 is 6.69. The number of hydrogen-bond donors (Lipinski definition) is 1. The zero-order chi connectivity index (χ0) is 21.4. The highest BCUT2D eigenvalue weighted by Gasteiger charge is 2.32. The lowest BCUT2D eigenvalue weighted by Crippen LogP contribution is -2.40. The van der Waals surface area contributed by atoms with Gasteiger partial charge in [0.05, 0.1) is 16.2 Å². The van der Waals surface area contributed by atoms with E-state index in [1.165, 1.54) is 38.8 Å². The first-order valence-electron chi connectivity index (χ1n) is 11.6. The molecule has 31 heavy (non-hydrogen) atoms. The maximum Gasteiger partial charge on any atom is 0.227 e. The van der Waals surface area contributed by atoms with Crippen LogP contribution >= 0.6 is 22.6 Å². The number of rotatable bonds is 5. The van der Waals surface area contributed by atoms with Crippen LogP contribution < -0.4 is 15.0 Å². The van der Waals surface area contributed by atoms with Crippen molar-refractivity contribution in [3.05, 3.63) is 15.7 Å². The van der Waals surface area contributed by atoms with Crippen molar-refractivity contribution >= 4 is 45.3 Å². The largest absolute Gasteiger partial charge is 0.496 e. The minimum absolute atomic E-state index is 0.460. The number of hydrogen-bond acceptors (Lipinski definition) is 7. The molecule has 2 aromatic rings. The first-order chi connectivity index (χ1) is 15.1. The standard InChI is InChI=1S/C23H33IN6O/c1-28-8-3-9-30(13-12-28)23-26-20-15-19(24)21(31-2)14-18(20)22(27-23)25-16-6-10-29(11-7-16)17-4-5-17/h14-17H,3-13H2,1-2H3,(H,25,26,27). The number of benzene rings is 1. The van der Waals surface area contributed by atoms with E-state index in [2.05, 4.69) is 61.8 Å². The molecule has 7 nitrogen and oxygen atoms in total. The van der Waals surface area contributed by atoms with Crippen molar-refractivity contribution in [2.24, 2.45) is 0 Å². The summed E-state index contributed by atoms with van der Waals surface area (Å²) in [6.07, 6.45) is 6.27. The van der Waals surface area contributed by atoms with E-state index in [9.17, 15) is 0 Å². The summed E-state index contributed by atoms with van der Waals surface area (Å²) >= 11 is 2.33. The monoisotopic (exact) mass is 536 g/mol. The second-order valence-corrected chi connectivity index (χ2v) is 10.4. The Morgan fingerprint density at radius 2 is 1.81 bits per heavy atom. The Balaban J connectivity index is 1.44. The van der Waals surface area contributed by atoms with Crippen molar-refractivity contribution in [1.29, 1.82) is 0 Å². The smallest absolute Gasteiger partial charge is 0.227 e. The molecule has 1 aromatic heterocycles. The van der Waals surface area contributed by atoms with Crippen LogP contribution in [0.3, 0.4) is 0 Å². The van der Waals surface area contributed by atoms with E-state index in [1.807, 2.05) is 0 Å². The number of nitrogens with zero attached hydrogens (tertiary/aromatic N) is 5. The summed E-state index contributed by atoms with van der Waals surface area (Å²) in [6.45, 7) is 6.53. The molecule has 2 aliphatic heterocycles. The topological polar surface area (TPSA) is 56.8 Å². The Morgan fingerprint density at radius 3 is 2.55 bits per heavy atom. The van der Waals surface area contributed by atoms with Crippen molar-refractivity contribution in [1.82, 2.24) is 19.8 Å². The van der Waals surface area contributed by atoms with Gasteiger partial charge in [-0.2, -0.15) is 4.98 Å². The molecule has 3 heterocycles. The van der Waals surface area contributed by atoms with Gasteiger partial charge in [-0.3, -0.25) is 0 Å². The van der Waals surface area contributed by atoms with E-state index >= 15 is 0 Å². The van der Waals surface area contributed by atoms with Crippen LogP contribution in [0.1, 0.15) is 32.1 Å². The van der Waals surface area contributed by atoms with Gasteiger partial charge in [0, 0.05) is 50.2 Å². The second kappa shape index (κ2) is 9.23. The van der Waals surface area contributed by atoms with E-state index in [0.717, 1.165) is 70.6 Å². The van der Waals surface area contributed by atoms with Crippen molar-refractivity contribution in [3.8, 4) is 5.75 Å². The normalized spacial score (nSPS) is 22.0. The maximum absolute atomic E-state index is 5.61. The molecule has 5 rings (SSSR count).